The molecule has 0 bridgehead atoms. The third-order valence-electron chi connectivity index (χ3n) is 3.43. The Kier molecular flexibility index (Phi) is 4.79. The highest BCUT2D eigenvalue weighted by molar-refractivity contribution is 14.1. The predicted molar refractivity (Wildman–Crippen MR) is 79.8 cm³/mol. The minimum Gasteiger partial charge on any atom is -0.481 e. The zero-order chi connectivity index (χ0) is 13.8. The lowest BCUT2D eigenvalue weighted by Gasteiger charge is -2.17. The van der Waals surface area contributed by atoms with E-state index in [0.717, 1.165) is 22.0 Å². The molecule has 0 saturated heterocycles. The second-order valence-corrected chi connectivity index (χ2v) is 6.10. The SMILES string of the molecule is O=C(Cc1cccc(I)c1)N[C@H]1CCC[C@H]1C(=O)O. The summed E-state index contributed by atoms with van der Waals surface area (Å²) in [7, 11) is 0. The van der Waals surface area contributed by atoms with Gasteiger partial charge in [-0.1, -0.05) is 18.6 Å². The van der Waals surface area contributed by atoms with E-state index in [4.69, 9.17) is 5.11 Å². The van der Waals surface area contributed by atoms with Gasteiger partial charge in [-0.15, -0.1) is 0 Å². The normalized spacial score (nSPS) is 22.2. The molecule has 5 heteroatoms. The average molecular weight is 373 g/mol. The first-order valence-electron chi connectivity index (χ1n) is 6.33. The van der Waals surface area contributed by atoms with Gasteiger partial charge in [0.2, 0.25) is 5.91 Å². The topological polar surface area (TPSA) is 66.4 Å². The molecule has 0 unspecified atom stereocenters. The molecule has 1 aliphatic carbocycles. The number of carboxylic acid groups (broad SMARTS) is 1. The minimum atomic E-state index is -0.808. The van der Waals surface area contributed by atoms with Gasteiger partial charge in [0.15, 0.2) is 0 Å². The van der Waals surface area contributed by atoms with Crippen LogP contribution in [0.2, 0.25) is 0 Å². The van der Waals surface area contributed by atoms with Gasteiger partial charge in [0.05, 0.1) is 12.3 Å². The van der Waals surface area contributed by atoms with Gasteiger partial charge < -0.3 is 10.4 Å². The molecule has 0 spiro atoms. The molecule has 0 aliphatic heterocycles. The maximum absolute atomic E-state index is 11.9. The molecule has 102 valence electrons. The zero-order valence-electron chi connectivity index (χ0n) is 10.4. The van der Waals surface area contributed by atoms with E-state index < -0.39 is 11.9 Å². The van der Waals surface area contributed by atoms with Crippen molar-refractivity contribution in [3.63, 3.8) is 0 Å². The van der Waals surface area contributed by atoms with Crippen molar-refractivity contribution in [1.29, 1.82) is 0 Å². The largest absolute Gasteiger partial charge is 0.481 e. The Morgan fingerprint density at radius 3 is 2.84 bits per heavy atom. The van der Waals surface area contributed by atoms with Crippen molar-refractivity contribution in [3.05, 3.63) is 33.4 Å². The summed E-state index contributed by atoms with van der Waals surface area (Å²) in [6, 6.07) is 7.54. The van der Waals surface area contributed by atoms with Crippen LogP contribution >= 0.6 is 22.6 Å². The van der Waals surface area contributed by atoms with Crippen molar-refractivity contribution in [3.8, 4) is 0 Å². The number of hydrogen-bond acceptors (Lipinski definition) is 2. The van der Waals surface area contributed by atoms with E-state index in [1.165, 1.54) is 0 Å². The van der Waals surface area contributed by atoms with Gasteiger partial charge >= 0.3 is 5.97 Å². The van der Waals surface area contributed by atoms with Crippen LogP contribution in [0.1, 0.15) is 24.8 Å². The van der Waals surface area contributed by atoms with Crippen molar-refractivity contribution < 1.29 is 14.7 Å². The number of amides is 1. The Bertz CT molecular complexity index is 489. The van der Waals surface area contributed by atoms with Gasteiger partial charge in [0, 0.05) is 9.61 Å². The standard InChI is InChI=1S/C14H16INO3/c15-10-4-1-3-9(7-10)8-13(17)16-12-6-2-5-11(12)14(18)19/h1,3-4,7,11-12H,2,5-6,8H2,(H,16,17)(H,18,19)/t11-,12+/m1/s1. The van der Waals surface area contributed by atoms with Gasteiger partial charge in [-0.25, -0.2) is 0 Å². The molecule has 1 aliphatic rings. The number of carboxylic acids is 1. The smallest absolute Gasteiger partial charge is 0.308 e. The molecule has 2 N–H and O–H groups in total. The molecule has 1 amide bonds. The molecule has 1 saturated carbocycles. The van der Waals surface area contributed by atoms with Crippen LogP contribution in [0, 0.1) is 9.49 Å². The third-order valence-corrected chi connectivity index (χ3v) is 4.10. The van der Waals surface area contributed by atoms with Crippen LogP contribution in [0.4, 0.5) is 0 Å². The molecular weight excluding hydrogens is 357 g/mol. The molecule has 0 aromatic heterocycles. The second-order valence-electron chi connectivity index (χ2n) is 4.86. The van der Waals surface area contributed by atoms with Gasteiger partial charge in [-0.2, -0.15) is 0 Å². The molecule has 0 radical (unpaired) electrons. The van der Waals surface area contributed by atoms with E-state index in [-0.39, 0.29) is 11.9 Å². The molecular formula is C14H16INO3. The quantitative estimate of drug-likeness (QED) is 0.796. The minimum absolute atomic E-state index is 0.0971. The summed E-state index contributed by atoms with van der Waals surface area (Å²) in [5.74, 6) is -1.34. The van der Waals surface area contributed by atoms with Crippen molar-refractivity contribution in [2.24, 2.45) is 5.92 Å². The first kappa shape index (κ1) is 14.3. The molecule has 1 fully saturated rings. The number of carbonyl (C=O) groups is 2. The molecule has 1 aromatic rings. The summed E-state index contributed by atoms with van der Waals surface area (Å²) in [4.78, 5) is 23.0. The van der Waals surface area contributed by atoms with Gasteiger partial charge in [-0.3, -0.25) is 9.59 Å². The maximum atomic E-state index is 11.9. The molecule has 2 atom stereocenters. The summed E-state index contributed by atoms with van der Waals surface area (Å²) in [6.45, 7) is 0. The lowest BCUT2D eigenvalue weighted by Crippen LogP contribution is -2.40. The molecule has 0 heterocycles. The van der Waals surface area contributed by atoms with Crippen molar-refractivity contribution >= 4 is 34.5 Å². The van der Waals surface area contributed by atoms with Crippen LogP contribution in [-0.2, 0) is 16.0 Å². The Labute approximate surface area is 125 Å². The third kappa shape index (κ3) is 3.92. The Hall–Kier alpha value is -1.11. The molecule has 2 rings (SSSR count). The predicted octanol–water partition coefficient (Wildman–Crippen LogP) is 2.20. The van der Waals surface area contributed by atoms with Crippen LogP contribution in [-0.4, -0.2) is 23.0 Å². The van der Waals surface area contributed by atoms with E-state index in [1.807, 2.05) is 24.3 Å². The Morgan fingerprint density at radius 2 is 2.16 bits per heavy atom. The first-order valence-corrected chi connectivity index (χ1v) is 7.41. The molecule has 4 nitrogen and oxygen atoms in total. The lowest BCUT2D eigenvalue weighted by atomic mass is 10.0. The molecule has 1 aromatic carbocycles. The Morgan fingerprint density at radius 1 is 1.37 bits per heavy atom. The van der Waals surface area contributed by atoms with Crippen molar-refractivity contribution in [1.82, 2.24) is 5.32 Å². The fraction of sp³-hybridized carbons (Fsp3) is 0.429. The van der Waals surface area contributed by atoms with E-state index >= 15 is 0 Å². The van der Waals surface area contributed by atoms with Gasteiger partial charge in [0.25, 0.3) is 0 Å². The average Bonchev–Trinajstić information content (AvgIpc) is 2.76. The number of hydrogen-bond donors (Lipinski definition) is 2. The van der Waals surface area contributed by atoms with Crippen LogP contribution in [0.15, 0.2) is 24.3 Å². The van der Waals surface area contributed by atoms with E-state index in [1.54, 1.807) is 0 Å². The van der Waals surface area contributed by atoms with E-state index in [2.05, 4.69) is 27.9 Å². The fourth-order valence-corrected chi connectivity index (χ4v) is 3.13. The highest BCUT2D eigenvalue weighted by Crippen LogP contribution is 2.25. The number of carbonyl (C=O) groups excluding carboxylic acids is 1. The summed E-state index contributed by atoms with van der Waals surface area (Å²) >= 11 is 2.20. The van der Waals surface area contributed by atoms with E-state index in [0.29, 0.717) is 12.8 Å². The highest BCUT2D eigenvalue weighted by Gasteiger charge is 2.33. The monoisotopic (exact) mass is 373 g/mol. The number of benzene rings is 1. The molecule has 19 heavy (non-hydrogen) atoms. The summed E-state index contributed by atoms with van der Waals surface area (Å²) < 4.78 is 1.09. The van der Waals surface area contributed by atoms with Crippen LogP contribution in [0.5, 0.6) is 0 Å². The van der Waals surface area contributed by atoms with Crippen LogP contribution in [0.3, 0.4) is 0 Å². The second kappa shape index (κ2) is 6.36. The summed E-state index contributed by atoms with van der Waals surface area (Å²) in [5.41, 5.74) is 0.953. The maximum Gasteiger partial charge on any atom is 0.308 e. The number of aliphatic carboxylic acids is 1. The highest BCUT2D eigenvalue weighted by atomic mass is 127. The summed E-state index contributed by atoms with van der Waals surface area (Å²) in [5, 5.41) is 11.9. The number of rotatable bonds is 4. The van der Waals surface area contributed by atoms with Crippen molar-refractivity contribution in [2.45, 2.75) is 31.7 Å². The lowest BCUT2D eigenvalue weighted by molar-refractivity contribution is -0.142. The van der Waals surface area contributed by atoms with E-state index in [9.17, 15) is 9.59 Å². The Balaban J connectivity index is 1.92. The fourth-order valence-electron chi connectivity index (χ4n) is 2.52. The zero-order valence-corrected chi connectivity index (χ0v) is 12.6. The van der Waals surface area contributed by atoms with Crippen molar-refractivity contribution in [2.75, 3.05) is 0 Å². The van der Waals surface area contributed by atoms with Crippen LogP contribution < -0.4 is 5.32 Å². The number of nitrogens with one attached hydrogen (secondary N) is 1. The van der Waals surface area contributed by atoms with Crippen LogP contribution in [0.25, 0.3) is 0 Å². The summed E-state index contributed by atoms with van der Waals surface area (Å²) in [6.07, 6.45) is 2.59. The first-order chi connectivity index (χ1) is 9.06. The van der Waals surface area contributed by atoms with Gasteiger partial charge in [-0.05, 0) is 53.1 Å². The van der Waals surface area contributed by atoms with Gasteiger partial charge in [0.1, 0.15) is 0 Å². The number of halogens is 1.